The maximum Gasteiger partial charge on any atom is 0.252 e. The van der Waals surface area contributed by atoms with E-state index in [4.69, 9.17) is 4.42 Å². The van der Waals surface area contributed by atoms with Crippen LogP contribution < -0.4 is 41.7 Å². The summed E-state index contributed by atoms with van der Waals surface area (Å²) in [6, 6.07) is 56.6. The van der Waals surface area contributed by atoms with Crippen LogP contribution in [0.15, 0.2) is 174 Å². The fraction of sp³-hybridized carbons (Fsp3) is 0.289. The average molecular weight is 1060 g/mol. The van der Waals surface area contributed by atoms with Crippen molar-refractivity contribution in [2.45, 2.75) is 144 Å². The molecule has 0 unspecified atom stereocenters. The van der Waals surface area contributed by atoms with Gasteiger partial charge in [0.15, 0.2) is 0 Å². The van der Waals surface area contributed by atoms with Gasteiger partial charge < -0.3 is 19.1 Å². The third kappa shape index (κ3) is 10.3. The van der Waals surface area contributed by atoms with Crippen LogP contribution in [0.3, 0.4) is 0 Å². The molecule has 410 valence electrons. The number of anilines is 9. The first-order chi connectivity index (χ1) is 38.2. The Bertz CT molecular complexity index is 3870. The Morgan fingerprint density at radius 3 is 1.49 bits per heavy atom. The van der Waals surface area contributed by atoms with E-state index in [0.29, 0.717) is 0 Å². The smallest absolute Gasteiger partial charge is 0.252 e. The molecule has 1 aromatic heterocycles. The molecule has 0 bridgehead atoms. The Morgan fingerprint density at radius 1 is 0.494 bits per heavy atom. The highest BCUT2D eigenvalue weighted by Crippen LogP contribution is 2.49. The number of nitrogens with zero attached hydrogens (tertiary/aromatic N) is 3. The Labute approximate surface area is 484 Å². The van der Waals surface area contributed by atoms with Gasteiger partial charge in [0.2, 0.25) is 0 Å². The normalized spacial score (nSPS) is 14.6. The molecule has 0 amide bonds. The summed E-state index contributed by atoms with van der Waals surface area (Å²) in [5.74, 6) is 0.883. The average Bonchev–Trinajstić information content (AvgIpc) is 3.67. The van der Waals surface area contributed by atoms with Crippen LogP contribution in [0.5, 0.6) is 0 Å². The number of fused-ring (bicyclic) bond motifs is 5. The van der Waals surface area contributed by atoms with Crippen molar-refractivity contribution in [2.75, 3.05) is 14.7 Å². The highest BCUT2D eigenvalue weighted by Gasteiger charge is 2.45. The van der Waals surface area contributed by atoms with Crippen molar-refractivity contribution >= 4 is 98.6 Å². The van der Waals surface area contributed by atoms with Gasteiger partial charge in [-0.05, 0) is 187 Å². The Balaban J connectivity index is 1.15. The van der Waals surface area contributed by atoms with E-state index in [9.17, 15) is 0 Å². The highest BCUT2D eigenvalue weighted by molar-refractivity contribution is 7.00. The van der Waals surface area contributed by atoms with Crippen molar-refractivity contribution in [2.24, 2.45) is 0 Å². The van der Waals surface area contributed by atoms with Gasteiger partial charge in [-0.15, -0.1) is 0 Å². The van der Waals surface area contributed by atoms with Gasteiger partial charge in [-0.3, -0.25) is 0 Å². The fourth-order valence-electron chi connectivity index (χ4n) is 12.1. The third-order valence-corrected chi connectivity index (χ3v) is 17.1. The maximum absolute atomic E-state index is 6.45. The lowest BCUT2D eigenvalue weighted by atomic mass is 9.33. The zero-order chi connectivity index (χ0) is 57.7. The largest absolute Gasteiger partial charge is 0.456 e. The molecule has 3 aliphatic rings. The van der Waals surface area contributed by atoms with Crippen molar-refractivity contribution < 1.29 is 4.42 Å². The van der Waals surface area contributed by atoms with E-state index in [1.54, 1.807) is 0 Å². The summed E-state index contributed by atoms with van der Waals surface area (Å²) in [7, 11) is 0. The molecule has 3 heterocycles. The standard InChI is InChI=1S/C76H82BN3O/c1-18-50(44-70-49(2)62-22-20-19-21-23-69(62)81-70)51-24-33-59(34-25-51)79-65-43-32-55(75(12,13)14)45-64(65)77-63-42-41-61(78(57-35-26-52(27-36-57)72(3,4)5)58-37-28-53(29-38-58)73(6,7)8)48-66(63)80(60-39-30-54(31-40-60)74(9,10)11)68-47-56(76(15,16)17)46-67(79)71(68)77/h18-21,23-48H,2,22H2,1,3-17H3/b50-18+,70-44+. The minimum atomic E-state index is -0.175. The maximum atomic E-state index is 6.45. The van der Waals surface area contributed by atoms with Crippen LogP contribution in [0.1, 0.15) is 155 Å². The van der Waals surface area contributed by atoms with Crippen LogP contribution in [0.2, 0.25) is 0 Å². The molecule has 0 saturated heterocycles. The van der Waals surface area contributed by atoms with Crippen LogP contribution in [0.4, 0.5) is 51.2 Å². The molecule has 11 rings (SSSR count). The minimum Gasteiger partial charge on any atom is -0.456 e. The summed E-state index contributed by atoms with van der Waals surface area (Å²) in [4.78, 5) is 7.60. The molecule has 7 aromatic carbocycles. The van der Waals surface area contributed by atoms with E-state index < -0.39 is 0 Å². The van der Waals surface area contributed by atoms with Crippen molar-refractivity contribution in [3.8, 4) is 0 Å². The SMILES string of the molecule is C=c1c2c(o/c1=C/C(=C\C)c1ccc(N3c4ccc(C(C)(C)C)cc4B4c5ccc(N(c6ccc(C(C)(C)C)cc6)c6ccc(C(C)(C)C)cc6)cc5N(c5ccc(C(C)(C)C)cc5)c5cc(C(C)(C)C)cc3c54)cc1)C=CC=CC2. The van der Waals surface area contributed by atoms with Gasteiger partial charge in [0, 0.05) is 62.0 Å². The molecular formula is C76H82BN3O. The Morgan fingerprint density at radius 2 is 0.975 bits per heavy atom. The van der Waals surface area contributed by atoms with E-state index in [2.05, 4.69) is 302 Å². The summed E-state index contributed by atoms with van der Waals surface area (Å²) in [5.41, 5.74) is 24.7. The number of benzene rings is 7. The fourth-order valence-corrected chi connectivity index (χ4v) is 12.1. The zero-order valence-electron chi connectivity index (χ0n) is 51.1. The van der Waals surface area contributed by atoms with Gasteiger partial charge in [-0.25, -0.2) is 0 Å². The number of furan rings is 1. The first kappa shape index (κ1) is 55.2. The second-order valence-corrected chi connectivity index (χ2v) is 28.0. The van der Waals surface area contributed by atoms with E-state index in [1.807, 2.05) is 12.2 Å². The van der Waals surface area contributed by atoms with Gasteiger partial charge in [0.1, 0.15) is 11.2 Å². The Kier molecular flexibility index (Phi) is 13.7. The molecule has 0 saturated carbocycles. The van der Waals surface area contributed by atoms with Crippen molar-refractivity contribution in [1.82, 2.24) is 0 Å². The lowest BCUT2D eigenvalue weighted by molar-refractivity contribution is 0.520. The van der Waals surface area contributed by atoms with E-state index in [1.165, 1.54) is 67.0 Å². The van der Waals surface area contributed by atoms with E-state index in [0.717, 1.165) is 68.0 Å². The monoisotopic (exact) mass is 1060 g/mol. The number of allylic oxidation sites excluding steroid dienone is 5. The predicted octanol–water partition coefficient (Wildman–Crippen LogP) is 17.7. The van der Waals surface area contributed by atoms with Gasteiger partial charge in [-0.1, -0.05) is 201 Å². The first-order valence-corrected chi connectivity index (χ1v) is 29.3. The number of hydrogen-bond acceptors (Lipinski definition) is 4. The molecular weight excluding hydrogens is 982 g/mol. The second kappa shape index (κ2) is 20.0. The molecule has 0 N–H and O–H groups in total. The van der Waals surface area contributed by atoms with Gasteiger partial charge in [0.05, 0.1) is 0 Å². The van der Waals surface area contributed by atoms with E-state index >= 15 is 0 Å². The molecule has 0 radical (unpaired) electrons. The number of hydrogen-bond donors (Lipinski definition) is 0. The van der Waals surface area contributed by atoms with Crippen molar-refractivity contribution in [3.63, 3.8) is 0 Å². The van der Waals surface area contributed by atoms with E-state index in [-0.39, 0.29) is 33.8 Å². The summed E-state index contributed by atoms with van der Waals surface area (Å²) < 4.78 is 6.45. The first-order valence-electron chi connectivity index (χ1n) is 29.3. The molecule has 5 heteroatoms. The van der Waals surface area contributed by atoms with Crippen LogP contribution in [-0.4, -0.2) is 6.71 Å². The van der Waals surface area contributed by atoms with Crippen LogP contribution in [0, 0.1) is 0 Å². The molecule has 4 nitrogen and oxygen atoms in total. The van der Waals surface area contributed by atoms with Gasteiger partial charge in [-0.2, -0.15) is 0 Å². The topological polar surface area (TPSA) is 22.9 Å². The lowest BCUT2D eigenvalue weighted by Gasteiger charge is -2.45. The third-order valence-electron chi connectivity index (χ3n) is 17.1. The lowest BCUT2D eigenvalue weighted by Crippen LogP contribution is -2.61. The van der Waals surface area contributed by atoms with Gasteiger partial charge in [0.25, 0.3) is 6.71 Å². The summed E-state index contributed by atoms with van der Waals surface area (Å²) >= 11 is 0. The molecule has 0 fully saturated rings. The molecule has 1 aliphatic carbocycles. The summed E-state index contributed by atoms with van der Waals surface area (Å²) in [5, 5.41) is 0.945. The minimum absolute atomic E-state index is 0.00694. The molecule has 0 atom stereocenters. The molecule has 81 heavy (non-hydrogen) atoms. The van der Waals surface area contributed by atoms with Crippen LogP contribution >= 0.6 is 0 Å². The summed E-state index contributed by atoms with van der Waals surface area (Å²) in [6.45, 7) is 41.2. The quantitative estimate of drug-likeness (QED) is 0.148. The van der Waals surface area contributed by atoms with Crippen LogP contribution in [-0.2, 0) is 33.5 Å². The van der Waals surface area contributed by atoms with Gasteiger partial charge >= 0.3 is 0 Å². The zero-order valence-corrected chi connectivity index (χ0v) is 51.1. The predicted molar refractivity (Wildman–Crippen MR) is 352 cm³/mol. The Hall–Kier alpha value is -7.76. The number of rotatable bonds is 7. The summed E-state index contributed by atoms with van der Waals surface area (Å²) in [6.07, 6.45) is 13.4. The molecule has 2 aliphatic heterocycles. The van der Waals surface area contributed by atoms with Crippen molar-refractivity contribution in [3.05, 3.63) is 225 Å². The highest BCUT2D eigenvalue weighted by atomic mass is 16.3. The molecule has 0 spiro atoms. The van der Waals surface area contributed by atoms with Crippen LogP contribution in [0.25, 0.3) is 24.3 Å². The van der Waals surface area contributed by atoms with Crippen molar-refractivity contribution in [1.29, 1.82) is 0 Å². The second-order valence-electron chi connectivity index (χ2n) is 28.0. The molecule has 8 aromatic rings.